The van der Waals surface area contributed by atoms with Crippen LogP contribution in [0, 0.1) is 5.82 Å². The minimum absolute atomic E-state index is 0.0953. The smallest absolute Gasteiger partial charge is 0.335 e. The van der Waals surface area contributed by atoms with Gasteiger partial charge in [0.15, 0.2) is 5.79 Å². The van der Waals surface area contributed by atoms with E-state index in [1.54, 1.807) is 24.3 Å². The van der Waals surface area contributed by atoms with Crippen LogP contribution in [-0.4, -0.2) is 51.1 Å². The Kier molecular flexibility index (Phi) is 11.2. The first-order chi connectivity index (χ1) is 24.0. The second-order valence-electron chi connectivity index (χ2n) is 14.7. The van der Waals surface area contributed by atoms with E-state index in [2.05, 4.69) is 9.88 Å². The highest BCUT2D eigenvalue weighted by atomic mass is 19.1. The van der Waals surface area contributed by atoms with Gasteiger partial charge in [-0.05, 0) is 107 Å². The van der Waals surface area contributed by atoms with Crippen molar-refractivity contribution in [1.29, 1.82) is 0 Å². The maximum absolute atomic E-state index is 14.5. The number of aromatic nitrogens is 1. The monoisotopic (exact) mass is 698 g/mol. The molecule has 0 saturated carbocycles. The van der Waals surface area contributed by atoms with Crippen molar-refractivity contribution in [2.45, 2.75) is 104 Å². The fourth-order valence-electron chi connectivity index (χ4n) is 6.75. The van der Waals surface area contributed by atoms with Crippen molar-refractivity contribution >= 4 is 23.5 Å². The molecule has 1 fully saturated rings. The van der Waals surface area contributed by atoms with E-state index in [1.807, 2.05) is 78.8 Å². The minimum Gasteiger partial charge on any atom is -0.478 e. The van der Waals surface area contributed by atoms with Crippen molar-refractivity contribution in [2.24, 2.45) is 0 Å². The number of ether oxygens (including phenoxy) is 3. The summed E-state index contributed by atoms with van der Waals surface area (Å²) in [5.74, 6) is -3.19. The number of carboxylic acid groups (broad SMARTS) is 1. The third kappa shape index (κ3) is 9.31. The summed E-state index contributed by atoms with van der Waals surface area (Å²) in [6, 6.07) is 21.9. The number of anilines is 1. The van der Waals surface area contributed by atoms with Gasteiger partial charge in [0, 0.05) is 29.9 Å². The van der Waals surface area contributed by atoms with Gasteiger partial charge in [0.2, 0.25) is 0 Å². The molecule has 51 heavy (non-hydrogen) atoms. The number of carbonyl (C=O) groups is 3. The predicted molar refractivity (Wildman–Crippen MR) is 194 cm³/mol. The molecule has 1 amide bonds. The summed E-state index contributed by atoms with van der Waals surface area (Å²) in [4.78, 5) is 38.7. The van der Waals surface area contributed by atoms with Gasteiger partial charge in [0.1, 0.15) is 11.4 Å². The normalized spacial score (nSPS) is 17.3. The van der Waals surface area contributed by atoms with Gasteiger partial charge in [-0.15, -0.1) is 0 Å². The van der Waals surface area contributed by atoms with E-state index >= 15 is 0 Å². The largest absolute Gasteiger partial charge is 0.478 e. The molecule has 4 aromatic rings. The molecular formula is C41H47FN2O7. The fourth-order valence-corrected chi connectivity index (χ4v) is 6.75. The molecular weight excluding hydrogens is 651 g/mol. The van der Waals surface area contributed by atoms with Gasteiger partial charge in [-0.2, -0.15) is 0 Å². The van der Waals surface area contributed by atoms with Crippen LogP contribution in [0.25, 0.3) is 22.4 Å². The average Bonchev–Trinajstić information content (AvgIpc) is 3.39. The fraction of sp³-hybridized carbons (Fsp3) is 0.390. The van der Waals surface area contributed by atoms with E-state index in [9.17, 15) is 23.9 Å². The molecule has 0 aliphatic carbocycles. The Bertz CT molecular complexity index is 1860. The van der Waals surface area contributed by atoms with E-state index in [0.29, 0.717) is 36.2 Å². The number of rotatable bonds is 11. The number of esters is 1. The number of nitrogens with one attached hydrogen (secondary N) is 1. The number of carboxylic acids is 1. The van der Waals surface area contributed by atoms with E-state index in [0.717, 1.165) is 22.5 Å². The highest BCUT2D eigenvalue weighted by molar-refractivity contribution is 6.12. The lowest BCUT2D eigenvalue weighted by atomic mass is 9.94. The first-order valence-corrected chi connectivity index (χ1v) is 17.3. The lowest BCUT2D eigenvalue weighted by Gasteiger charge is -2.41. The van der Waals surface area contributed by atoms with Crippen molar-refractivity contribution in [2.75, 3.05) is 5.32 Å². The molecule has 1 aliphatic rings. The molecule has 1 aliphatic heterocycles. The molecule has 2 heterocycles. The maximum atomic E-state index is 14.5. The number of benzene rings is 3. The summed E-state index contributed by atoms with van der Waals surface area (Å²) in [5.41, 5.74) is 4.19. The van der Waals surface area contributed by atoms with Crippen LogP contribution < -0.4 is 5.32 Å². The zero-order valence-electron chi connectivity index (χ0n) is 30.3. The van der Waals surface area contributed by atoms with Crippen LogP contribution in [-0.2, 0) is 25.5 Å². The van der Waals surface area contributed by atoms with Gasteiger partial charge >= 0.3 is 11.9 Å². The number of hydrogen-bond acceptors (Lipinski definition) is 6. The average molecular weight is 699 g/mol. The molecule has 0 spiro atoms. The molecule has 0 bridgehead atoms. The molecule has 2 N–H and O–H groups in total. The highest BCUT2D eigenvalue weighted by Crippen LogP contribution is 2.43. The molecule has 2 unspecified atom stereocenters. The Morgan fingerprint density at radius 3 is 2.16 bits per heavy atom. The summed E-state index contributed by atoms with van der Waals surface area (Å²) < 4.78 is 34.5. The summed E-state index contributed by atoms with van der Waals surface area (Å²) in [6.45, 7) is 13.7. The SMILES string of the molecule is CC(C)c1c(C(=O)Nc2ccc(C(=O)O)cc2)c(-c2ccccc2)c(-c2ccc(F)cc2)n1CCC1CC(CC(=O)OC(C)(C)C)OC(C)(C)O1. The van der Waals surface area contributed by atoms with Crippen LogP contribution in [0.5, 0.6) is 0 Å². The summed E-state index contributed by atoms with van der Waals surface area (Å²) >= 11 is 0. The second-order valence-corrected chi connectivity index (χ2v) is 14.7. The van der Waals surface area contributed by atoms with E-state index in [-0.39, 0.29) is 41.7 Å². The standard InChI is InChI=1S/C41H47FN2O7/c1-25(2)36-35(38(46)43-30-19-15-28(16-20-30)39(47)48)34(26-11-9-8-10-12-26)37(27-13-17-29(42)18-14-27)44(36)22-21-31-23-32(50-41(6,7)49-31)24-33(45)51-40(3,4)5/h8-20,25,31-32H,21-24H2,1-7H3,(H,43,46)(H,47,48). The lowest BCUT2D eigenvalue weighted by Crippen LogP contribution is -2.46. The van der Waals surface area contributed by atoms with Gasteiger partial charge in [-0.1, -0.05) is 44.2 Å². The molecule has 1 aromatic heterocycles. The van der Waals surface area contributed by atoms with Crippen LogP contribution in [0.2, 0.25) is 0 Å². The van der Waals surface area contributed by atoms with E-state index in [4.69, 9.17) is 14.2 Å². The number of halogens is 1. The third-order valence-electron chi connectivity index (χ3n) is 8.56. The molecule has 3 aromatic carbocycles. The zero-order chi connectivity index (χ0) is 37.1. The second kappa shape index (κ2) is 15.2. The van der Waals surface area contributed by atoms with Crippen LogP contribution in [0.4, 0.5) is 10.1 Å². The Morgan fingerprint density at radius 1 is 0.941 bits per heavy atom. The molecule has 9 nitrogen and oxygen atoms in total. The van der Waals surface area contributed by atoms with Gasteiger partial charge in [-0.3, -0.25) is 9.59 Å². The van der Waals surface area contributed by atoms with Gasteiger partial charge in [0.25, 0.3) is 5.91 Å². The van der Waals surface area contributed by atoms with Crippen LogP contribution in [0.1, 0.15) is 100 Å². The molecule has 270 valence electrons. The van der Waals surface area contributed by atoms with Gasteiger partial charge < -0.3 is 29.2 Å². The number of hydrogen-bond donors (Lipinski definition) is 2. The predicted octanol–water partition coefficient (Wildman–Crippen LogP) is 9.07. The Morgan fingerprint density at radius 2 is 1.57 bits per heavy atom. The zero-order valence-corrected chi connectivity index (χ0v) is 30.3. The van der Waals surface area contributed by atoms with Gasteiger partial charge in [0.05, 0.1) is 35.4 Å². The lowest BCUT2D eigenvalue weighted by molar-refractivity contribution is -0.301. The van der Waals surface area contributed by atoms with E-state index in [1.165, 1.54) is 24.3 Å². The topological polar surface area (TPSA) is 116 Å². The number of aromatic carboxylic acids is 1. The number of carbonyl (C=O) groups excluding carboxylic acids is 2. The van der Waals surface area contributed by atoms with Crippen molar-refractivity contribution < 1.29 is 38.1 Å². The maximum Gasteiger partial charge on any atom is 0.335 e. The van der Waals surface area contributed by atoms with Crippen molar-refractivity contribution in [1.82, 2.24) is 4.57 Å². The minimum atomic E-state index is -1.06. The molecule has 0 radical (unpaired) electrons. The first kappa shape index (κ1) is 37.5. The molecule has 10 heteroatoms. The Labute approximate surface area is 298 Å². The molecule has 1 saturated heterocycles. The van der Waals surface area contributed by atoms with Crippen molar-refractivity contribution in [3.8, 4) is 22.4 Å². The number of amides is 1. The quantitative estimate of drug-likeness (QED) is 0.150. The summed E-state index contributed by atoms with van der Waals surface area (Å²) in [5, 5.41) is 12.4. The third-order valence-corrected chi connectivity index (χ3v) is 8.56. The van der Waals surface area contributed by atoms with Crippen LogP contribution >= 0.6 is 0 Å². The summed E-state index contributed by atoms with van der Waals surface area (Å²) in [6.07, 6.45) is 0.408. The van der Waals surface area contributed by atoms with Crippen LogP contribution in [0.3, 0.4) is 0 Å². The van der Waals surface area contributed by atoms with Gasteiger partial charge in [-0.25, -0.2) is 9.18 Å². The highest BCUT2D eigenvalue weighted by Gasteiger charge is 2.38. The Balaban J connectivity index is 1.59. The molecule has 2 atom stereocenters. The van der Waals surface area contributed by atoms with Crippen molar-refractivity contribution in [3.05, 3.63) is 102 Å². The summed E-state index contributed by atoms with van der Waals surface area (Å²) in [7, 11) is 0. The van der Waals surface area contributed by atoms with Crippen molar-refractivity contribution in [3.63, 3.8) is 0 Å². The number of nitrogens with zero attached hydrogens (tertiary/aromatic N) is 1. The van der Waals surface area contributed by atoms with Crippen LogP contribution in [0.15, 0.2) is 78.9 Å². The van der Waals surface area contributed by atoms with E-state index < -0.39 is 23.5 Å². The first-order valence-electron chi connectivity index (χ1n) is 17.3. The Hall–Kier alpha value is -4.80. The molecule has 5 rings (SSSR count).